The number of halogens is 1. The Morgan fingerprint density at radius 2 is 2.25 bits per heavy atom. The summed E-state index contributed by atoms with van der Waals surface area (Å²) in [5, 5.41) is 0. The lowest BCUT2D eigenvalue weighted by molar-refractivity contribution is 0.0868. The molecule has 2 saturated heterocycles. The van der Waals surface area contributed by atoms with E-state index < -0.39 is 5.82 Å². The maximum Gasteiger partial charge on any atom is 0.182 e. The first-order valence-electron chi connectivity index (χ1n) is 7.33. The average Bonchev–Trinajstić information content (AvgIpc) is 2.93. The molecular formula is C15H20FN3O. The van der Waals surface area contributed by atoms with Crippen LogP contribution in [0.2, 0.25) is 0 Å². The lowest BCUT2D eigenvalue weighted by atomic mass is 10.1. The summed E-state index contributed by atoms with van der Waals surface area (Å²) < 4.78 is 12.8. The molecule has 0 bridgehead atoms. The van der Waals surface area contributed by atoms with Gasteiger partial charge < -0.3 is 4.90 Å². The smallest absolute Gasteiger partial charge is 0.182 e. The van der Waals surface area contributed by atoms with Crippen molar-refractivity contribution in [1.29, 1.82) is 0 Å². The molecule has 0 radical (unpaired) electrons. The molecule has 3 heterocycles. The first-order chi connectivity index (χ1) is 9.72. The minimum absolute atomic E-state index is 0.00106. The molecule has 1 aromatic rings. The van der Waals surface area contributed by atoms with Gasteiger partial charge in [0.05, 0.1) is 6.20 Å². The van der Waals surface area contributed by atoms with Gasteiger partial charge in [0, 0.05) is 38.6 Å². The van der Waals surface area contributed by atoms with Gasteiger partial charge in [-0.05, 0) is 31.5 Å². The maximum atomic E-state index is 12.8. The molecule has 1 atom stereocenters. The van der Waals surface area contributed by atoms with Crippen molar-refractivity contribution in [3.05, 3.63) is 29.8 Å². The number of carbonyl (C=O) groups excluding carboxylic acids is 1. The molecular weight excluding hydrogens is 257 g/mol. The van der Waals surface area contributed by atoms with Crippen LogP contribution in [0.15, 0.2) is 18.3 Å². The third-order valence-electron chi connectivity index (χ3n) is 4.34. The number of Topliss-reactive ketones (excluding diaryl/α,β-unsaturated/α-hetero) is 1. The molecule has 108 valence electrons. The third-order valence-corrected chi connectivity index (χ3v) is 4.34. The Hall–Kier alpha value is -1.33. The van der Waals surface area contributed by atoms with E-state index >= 15 is 0 Å². The lowest BCUT2D eigenvalue weighted by Gasteiger charge is -2.37. The van der Waals surface area contributed by atoms with Crippen LogP contribution in [0.4, 0.5) is 4.39 Å². The number of aromatic nitrogens is 1. The van der Waals surface area contributed by atoms with Crippen LogP contribution >= 0.6 is 0 Å². The van der Waals surface area contributed by atoms with Gasteiger partial charge in [0.1, 0.15) is 11.5 Å². The van der Waals surface area contributed by atoms with E-state index in [0.29, 0.717) is 18.2 Å². The van der Waals surface area contributed by atoms with Crippen molar-refractivity contribution < 1.29 is 9.18 Å². The molecule has 0 aliphatic carbocycles. The number of fused-ring (bicyclic) bond motifs is 1. The molecule has 5 heteroatoms. The fourth-order valence-electron chi connectivity index (χ4n) is 3.19. The second-order valence-electron chi connectivity index (χ2n) is 5.67. The van der Waals surface area contributed by atoms with E-state index in [0.717, 1.165) is 32.4 Å². The number of hydrogen-bond donors (Lipinski definition) is 0. The molecule has 2 fully saturated rings. The van der Waals surface area contributed by atoms with Crippen molar-refractivity contribution in [3.63, 3.8) is 0 Å². The van der Waals surface area contributed by atoms with E-state index in [2.05, 4.69) is 14.8 Å². The Labute approximate surface area is 118 Å². The minimum atomic E-state index is -0.404. The zero-order valence-electron chi connectivity index (χ0n) is 11.6. The van der Waals surface area contributed by atoms with Crippen LogP contribution in [0, 0.1) is 5.82 Å². The summed E-state index contributed by atoms with van der Waals surface area (Å²) in [6.07, 6.45) is 4.15. The van der Waals surface area contributed by atoms with Crippen molar-refractivity contribution in [2.45, 2.75) is 25.3 Å². The van der Waals surface area contributed by atoms with Crippen molar-refractivity contribution in [1.82, 2.24) is 14.8 Å². The van der Waals surface area contributed by atoms with Gasteiger partial charge in [0.2, 0.25) is 0 Å². The van der Waals surface area contributed by atoms with Crippen molar-refractivity contribution in [2.24, 2.45) is 0 Å². The Balaban J connectivity index is 1.49. The molecule has 1 aromatic heterocycles. The molecule has 4 nitrogen and oxygen atoms in total. The molecule has 2 aliphatic rings. The van der Waals surface area contributed by atoms with Gasteiger partial charge in [-0.3, -0.25) is 14.7 Å². The van der Waals surface area contributed by atoms with E-state index in [-0.39, 0.29) is 5.78 Å². The van der Waals surface area contributed by atoms with Crippen molar-refractivity contribution in [2.75, 3.05) is 32.7 Å². The van der Waals surface area contributed by atoms with Gasteiger partial charge in [0.15, 0.2) is 5.78 Å². The molecule has 0 saturated carbocycles. The molecule has 20 heavy (non-hydrogen) atoms. The highest BCUT2D eigenvalue weighted by atomic mass is 19.1. The normalized spacial score (nSPS) is 23.8. The first kappa shape index (κ1) is 13.6. The molecule has 3 rings (SSSR count). The number of ketones is 1. The number of rotatable bonds is 4. The van der Waals surface area contributed by atoms with Crippen molar-refractivity contribution >= 4 is 5.78 Å². The molecule has 1 unspecified atom stereocenters. The Bertz CT molecular complexity index is 477. The number of piperazine rings is 1. The summed E-state index contributed by atoms with van der Waals surface area (Å²) in [6, 6.07) is 3.44. The number of nitrogens with zero attached hydrogens (tertiary/aromatic N) is 3. The van der Waals surface area contributed by atoms with E-state index in [1.807, 2.05) is 0 Å². The van der Waals surface area contributed by atoms with Gasteiger partial charge in [0.25, 0.3) is 0 Å². The summed E-state index contributed by atoms with van der Waals surface area (Å²) in [6.45, 7) is 5.25. The minimum Gasteiger partial charge on any atom is -0.300 e. The van der Waals surface area contributed by atoms with Gasteiger partial charge >= 0.3 is 0 Å². The van der Waals surface area contributed by atoms with Crippen LogP contribution in [0.5, 0.6) is 0 Å². The second kappa shape index (κ2) is 5.97. The summed E-state index contributed by atoms with van der Waals surface area (Å²) in [5.41, 5.74) is 0.367. The predicted molar refractivity (Wildman–Crippen MR) is 74.2 cm³/mol. The topological polar surface area (TPSA) is 36.4 Å². The summed E-state index contributed by atoms with van der Waals surface area (Å²) >= 11 is 0. The summed E-state index contributed by atoms with van der Waals surface area (Å²) in [4.78, 5) is 20.8. The van der Waals surface area contributed by atoms with Crippen LogP contribution in [-0.2, 0) is 0 Å². The molecule has 0 amide bonds. The maximum absolute atomic E-state index is 12.8. The van der Waals surface area contributed by atoms with Gasteiger partial charge in [-0.2, -0.15) is 0 Å². The van der Waals surface area contributed by atoms with E-state index in [9.17, 15) is 9.18 Å². The van der Waals surface area contributed by atoms with E-state index in [1.54, 1.807) is 0 Å². The number of carbonyl (C=O) groups is 1. The quantitative estimate of drug-likeness (QED) is 0.783. The summed E-state index contributed by atoms with van der Waals surface area (Å²) in [5.74, 6) is -0.405. The highest BCUT2D eigenvalue weighted by Gasteiger charge is 2.30. The Morgan fingerprint density at radius 1 is 1.35 bits per heavy atom. The zero-order valence-corrected chi connectivity index (χ0v) is 11.6. The van der Waals surface area contributed by atoms with E-state index in [4.69, 9.17) is 0 Å². The Morgan fingerprint density at radius 3 is 3.05 bits per heavy atom. The van der Waals surface area contributed by atoms with Gasteiger partial charge in [-0.25, -0.2) is 4.39 Å². The lowest BCUT2D eigenvalue weighted by Crippen LogP contribution is -2.50. The monoisotopic (exact) mass is 277 g/mol. The van der Waals surface area contributed by atoms with Crippen molar-refractivity contribution in [3.8, 4) is 0 Å². The fourth-order valence-corrected chi connectivity index (χ4v) is 3.19. The van der Waals surface area contributed by atoms with Crippen LogP contribution in [0.3, 0.4) is 0 Å². The Kier molecular flexibility index (Phi) is 4.08. The molecule has 0 N–H and O–H groups in total. The van der Waals surface area contributed by atoms with Crippen LogP contribution in [-0.4, -0.2) is 59.3 Å². The predicted octanol–water partition coefficient (Wildman–Crippen LogP) is 1.57. The average molecular weight is 277 g/mol. The first-order valence-corrected chi connectivity index (χ1v) is 7.33. The largest absolute Gasteiger partial charge is 0.300 e. The summed E-state index contributed by atoms with van der Waals surface area (Å²) in [7, 11) is 0. The fraction of sp³-hybridized carbons (Fsp3) is 0.600. The molecule has 2 aliphatic heterocycles. The second-order valence-corrected chi connectivity index (χ2v) is 5.67. The number of hydrogen-bond acceptors (Lipinski definition) is 4. The van der Waals surface area contributed by atoms with E-state index in [1.165, 1.54) is 31.5 Å². The SMILES string of the molecule is O=C(CCN1CCN2CCCC2C1)c1ccc(F)cn1. The molecule has 0 aromatic carbocycles. The number of pyridine rings is 1. The molecule has 0 spiro atoms. The highest BCUT2D eigenvalue weighted by Crippen LogP contribution is 2.21. The standard InChI is InChI=1S/C15H20FN3O/c16-12-3-4-14(17-10-12)15(20)5-7-18-8-9-19-6-1-2-13(19)11-18/h3-4,10,13H,1-2,5-9,11H2. The van der Waals surface area contributed by atoms with Gasteiger partial charge in [-0.1, -0.05) is 0 Å². The zero-order chi connectivity index (χ0) is 13.9. The van der Waals surface area contributed by atoms with Crippen LogP contribution in [0.1, 0.15) is 29.8 Å². The van der Waals surface area contributed by atoms with Crippen LogP contribution < -0.4 is 0 Å². The van der Waals surface area contributed by atoms with Gasteiger partial charge in [-0.15, -0.1) is 0 Å². The highest BCUT2D eigenvalue weighted by molar-refractivity contribution is 5.94. The third kappa shape index (κ3) is 3.04. The van der Waals surface area contributed by atoms with Crippen LogP contribution in [0.25, 0.3) is 0 Å².